The topological polar surface area (TPSA) is 77.1 Å². The monoisotopic (exact) mass is 329 g/mol. The van der Waals surface area contributed by atoms with Gasteiger partial charge in [0.2, 0.25) is 5.91 Å². The van der Waals surface area contributed by atoms with Crippen LogP contribution in [0.5, 0.6) is 0 Å². The summed E-state index contributed by atoms with van der Waals surface area (Å²) < 4.78 is 6.69. The van der Waals surface area contributed by atoms with Gasteiger partial charge in [-0.3, -0.25) is 9.59 Å². The Morgan fingerprint density at radius 3 is 2.83 bits per heavy atom. The number of carbonyl (C=O) groups is 1. The average Bonchev–Trinajstić information content (AvgIpc) is 3.12. The van der Waals surface area contributed by atoms with Gasteiger partial charge in [0.25, 0.3) is 5.56 Å². The van der Waals surface area contributed by atoms with Gasteiger partial charge in [0.15, 0.2) is 5.76 Å². The standard InChI is InChI=1S/C18H23N3O3/c22-17(19-14-6-2-1-3-7-14)9-4-12-21-18(23)11-10-15(20-21)16-8-5-13-24-16/h5,8,10-11,13-14H,1-4,6-7,9,12H2,(H,19,22). The van der Waals surface area contributed by atoms with Crippen LogP contribution in [0.25, 0.3) is 11.5 Å². The lowest BCUT2D eigenvalue weighted by molar-refractivity contribution is -0.122. The smallest absolute Gasteiger partial charge is 0.266 e. The molecule has 0 saturated heterocycles. The van der Waals surface area contributed by atoms with Crippen molar-refractivity contribution in [3.63, 3.8) is 0 Å². The zero-order valence-electron chi connectivity index (χ0n) is 13.7. The molecule has 128 valence electrons. The van der Waals surface area contributed by atoms with Crippen molar-refractivity contribution in [3.8, 4) is 11.5 Å². The zero-order chi connectivity index (χ0) is 16.8. The van der Waals surface area contributed by atoms with Crippen LogP contribution in [0.2, 0.25) is 0 Å². The molecule has 2 aromatic rings. The van der Waals surface area contributed by atoms with Crippen molar-refractivity contribution in [2.24, 2.45) is 0 Å². The fraction of sp³-hybridized carbons (Fsp3) is 0.500. The van der Waals surface area contributed by atoms with Crippen LogP contribution in [0, 0.1) is 0 Å². The van der Waals surface area contributed by atoms with Gasteiger partial charge in [0, 0.05) is 25.1 Å². The van der Waals surface area contributed by atoms with Crippen molar-refractivity contribution in [1.29, 1.82) is 0 Å². The summed E-state index contributed by atoms with van der Waals surface area (Å²) in [6.45, 7) is 0.422. The highest BCUT2D eigenvalue weighted by Gasteiger charge is 2.15. The molecule has 1 amide bonds. The number of nitrogens with one attached hydrogen (secondary N) is 1. The molecule has 0 atom stereocenters. The minimum Gasteiger partial charge on any atom is -0.463 e. The van der Waals surface area contributed by atoms with E-state index in [0.717, 1.165) is 12.8 Å². The van der Waals surface area contributed by atoms with Crippen molar-refractivity contribution < 1.29 is 9.21 Å². The summed E-state index contributed by atoms with van der Waals surface area (Å²) in [4.78, 5) is 23.9. The van der Waals surface area contributed by atoms with E-state index in [1.165, 1.54) is 30.0 Å². The van der Waals surface area contributed by atoms with Gasteiger partial charge in [-0.1, -0.05) is 19.3 Å². The zero-order valence-corrected chi connectivity index (χ0v) is 13.7. The number of amides is 1. The third-order valence-electron chi connectivity index (χ3n) is 4.38. The maximum Gasteiger partial charge on any atom is 0.266 e. The second-order valence-electron chi connectivity index (χ2n) is 6.26. The van der Waals surface area contributed by atoms with E-state index < -0.39 is 0 Å². The lowest BCUT2D eigenvalue weighted by Gasteiger charge is -2.22. The summed E-state index contributed by atoms with van der Waals surface area (Å²) in [5.74, 6) is 0.691. The normalized spacial score (nSPS) is 15.3. The van der Waals surface area contributed by atoms with E-state index in [4.69, 9.17) is 4.42 Å². The summed E-state index contributed by atoms with van der Waals surface area (Å²) in [6.07, 6.45) is 8.40. The van der Waals surface area contributed by atoms with Gasteiger partial charge in [0.1, 0.15) is 5.69 Å². The molecule has 0 unspecified atom stereocenters. The summed E-state index contributed by atoms with van der Waals surface area (Å²) in [5, 5.41) is 7.40. The van der Waals surface area contributed by atoms with Crippen LogP contribution in [-0.2, 0) is 11.3 Å². The van der Waals surface area contributed by atoms with Gasteiger partial charge in [-0.2, -0.15) is 5.10 Å². The first-order chi connectivity index (χ1) is 11.7. The Balaban J connectivity index is 1.51. The minimum atomic E-state index is -0.169. The third-order valence-corrected chi connectivity index (χ3v) is 4.38. The fourth-order valence-corrected chi connectivity index (χ4v) is 3.10. The summed E-state index contributed by atoms with van der Waals surface area (Å²) in [6, 6.07) is 7.03. The maximum absolute atomic E-state index is 12.0. The molecule has 0 aromatic carbocycles. The molecule has 1 aliphatic carbocycles. The Hall–Kier alpha value is -2.37. The van der Waals surface area contributed by atoms with Gasteiger partial charge in [0.05, 0.1) is 6.26 Å². The second-order valence-corrected chi connectivity index (χ2v) is 6.26. The summed E-state index contributed by atoms with van der Waals surface area (Å²) >= 11 is 0. The molecule has 1 aliphatic rings. The quantitative estimate of drug-likeness (QED) is 0.884. The first-order valence-electron chi connectivity index (χ1n) is 8.64. The van der Waals surface area contributed by atoms with Crippen molar-refractivity contribution >= 4 is 5.91 Å². The predicted octanol–water partition coefficient (Wildman–Crippen LogP) is 2.73. The van der Waals surface area contributed by atoms with E-state index in [1.807, 2.05) is 0 Å². The van der Waals surface area contributed by atoms with Crippen molar-refractivity contribution in [2.75, 3.05) is 0 Å². The lowest BCUT2D eigenvalue weighted by Crippen LogP contribution is -2.36. The van der Waals surface area contributed by atoms with Crippen LogP contribution in [0.3, 0.4) is 0 Å². The molecule has 0 aliphatic heterocycles. The number of furan rings is 1. The number of carbonyl (C=O) groups excluding carboxylic acids is 1. The number of nitrogens with zero attached hydrogens (tertiary/aromatic N) is 2. The molecule has 6 nitrogen and oxygen atoms in total. The Morgan fingerprint density at radius 2 is 2.08 bits per heavy atom. The number of aromatic nitrogens is 2. The molecule has 3 rings (SSSR count). The number of hydrogen-bond donors (Lipinski definition) is 1. The average molecular weight is 329 g/mol. The molecule has 1 N–H and O–H groups in total. The molecule has 0 radical (unpaired) electrons. The largest absolute Gasteiger partial charge is 0.463 e. The summed E-state index contributed by atoms with van der Waals surface area (Å²) in [5.41, 5.74) is 0.448. The molecule has 2 aromatic heterocycles. The van der Waals surface area contributed by atoms with Crippen molar-refractivity contribution in [3.05, 3.63) is 40.9 Å². The van der Waals surface area contributed by atoms with Gasteiger partial charge < -0.3 is 9.73 Å². The molecule has 6 heteroatoms. The molecule has 1 saturated carbocycles. The lowest BCUT2D eigenvalue weighted by atomic mass is 9.95. The highest BCUT2D eigenvalue weighted by Crippen LogP contribution is 2.17. The van der Waals surface area contributed by atoms with Crippen LogP contribution in [0.15, 0.2) is 39.7 Å². The number of hydrogen-bond acceptors (Lipinski definition) is 4. The Labute approximate surface area is 140 Å². The second kappa shape index (κ2) is 7.95. The fourth-order valence-electron chi connectivity index (χ4n) is 3.10. The highest BCUT2D eigenvalue weighted by atomic mass is 16.3. The molecular weight excluding hydrogens is 306 g/mol. The number of aryl methyl sites for hydroxylation is 1. The Bertz CT molecular complexity index is 715. The molecule has 24 heavy (non-hydrogen) atoms. The molecule has 1 fully saturated rings. The highest BCUT2D eigenvalue weighted by molar-refractivity contribution is 5.76. The van der Waals surface area contributed by atoms with Gasteiger partial charge in [-0.15, -0.1) is 0 Å². The molecule has 0 spiro atoms. The Kier molecular flexibility index (Phi) is 5.46. The van der Waals surface area contributed by atoms with E-state index in [9.17, 15) is 9.59 Å². The molecule has 2 heterocycles. The molecule has 0 bridgehead atoms. The van der Waals surface area contributed by atoms with Gasteiger partial charge in [-0.25, -0.2) is 4.68 Å². The van der Waals surface area contributed by atoms with Gasteiger partial charge in [-0.05, 0) is 37.5 Å². The summed E-state index contributed by atoms with van der Waals surface area (Å²) in [7, 11) is 0. The van der Waals surface area contributed by atoms with Crippen LogP contribution >= 0.6 is 0 Å². The van der Waals surface area contributed by atoms with Crippen LogP contribution in [0.1, 0.15) is 44.9 Å². The van der Waals surface area contributed by atoms with Crippen LogP contribution < -0.4 is 10.9 Å². The predicted molar refractivity (Wildman–Crippen MR) is 90.4 cm³/mol. The number of rotatable bonds is 6. The maximum atomic E-state index is 12.0. The van der Waals surface area contributed by atoms with Gasteiger partial charge >= 0.3 is 0 Å². The van der Waals surface area contributed by atoms with Crippen LogP contribution in [0.4, 0.5) is 0 Å². The van der Waals surface area contributed by atoms with E-state index in [1.54, 1.807) is 24.5 Å². The Morgan fingerprint density at radius 1 is 1.25 bits per heavy atom. The van der Waals surface area contributed by atoms with E-state index in [-0.39, 0.29) is 11.5 Å². The van der Waals surface area contributed by atoms with E-state index in [2.05, 4.69) is 10.4 Å². The van der Waals surface area contributed by atoms with Crippen LogP contribution in [-0.4, -0.2) is 21.7 Å². The first-order valence-corrected chi connectivity index (χ1v) is 8.64. The van der Waals surface area contributed by atoms with Crippen molar-refractivity contribution in [2.45, 2.75) is 57.5 Å². The third kappa shape index (κ3) is 4.34. The minimum absolute atomic E-state index is 0.0668. The SMILES string of the molecule is O=C(CCCn1nc(-c2ccco2)ccc1=O)NC1CCCCC1. The first kappa shape index (κ1) is 16.5. The van der Waals surface area contributed by atoms with E-state index in [0.29, 0.717) is 36.9 Å². The molecular formula is C18H23N3O3. The van der Waals surface area contributed by atoms with Crippen molar-refractivity contribution in [1.82, 2.24) is 15.1 Å². The van der Waals surface area contributed by atoms with E-state index >= 15 is 0 Å².